The highest BCUT2D eigenvalue weighted by molar-refractivity contribution is 5.91. The summed E-state index contributed by atoms with van der Waals surface area (Å²) >= 11 is 0. The first-order chi connectivity index (χ1) is 10.6. The third-order valence-corrected chi connectivity index (χ3v) is 3.15. The van der Waals surface area contributed by atoms with Crippen LogP contribution in [0.2, 0.25) is 0 Å². The van der Waals surface area contributed by atoms with Crippen LogP contribution in [0.25, 0.3) is 0 Å². The monoisotopic (exact) mass is 307 g/mol. The quantitative estimate of drug-likeness (QED) is 0.513. The highest BCUT2D eigenvalue weighted by atomic mass is 16.5. The molecule has 0 amide bonds. The number of aromatic nitrogens is 1. The van der Waals surface area contributed by atoms with Crippen LogP contribution in [0.15, 0.2) is 18.2 Å². The first kappa shape index (κ1) is 18.1. The zero-order valence-electron chi connectivity index (χ0n) is 13.6. The first-order valence-corrected chi connectivity index (χ1v) is 7.93. The molecule has 0 N–H and O–H groups in total. The molecule has 22 heavy (non-hydrogen) atoms. The van der Waals surface area contributed by atoms with Gasteiger partial charge in [0.15, 0.2) is 0 Å². The zero-order valence-corrected chi connectivity index (χ0v) is 13.6. The normalized spacial score (nSPS) is 11.8. The number of ether oxygens (including phenoxy) is 2. The Morgan fingerprint density at radius 1 is 1.09 bits per heavy atom. The van der Waals surface area contributed by atoms with Crippen LogP contribution in [0.3, 0.4) is 0 Å². The summed E-state index contributed by atoms with van der Waals surface area (Å²) in [4.78, 5) is 27.9. The first-order valence-electron chi connectivity index (χ1n) is 7.93. The number of nitrogens with zero attached hydrogens (tertiary/aromatic N) is 1. The number of carbonyl (C=O) groups excluding carboxylic acids is 2. The Hall–Kier alpha value is -1.91. The third kappa shape index (κ3) is 6.24. The summed E-state index contributed by atoms with van der Waals surface area (Å²) in [5, 5.41) is 0. The molecule has 122 valence electrons. The van der Waals surface area contributed by atoms with E-state index in [4.69, 9.17) is 9.47 Å². The average molecular weight is 307 g/mol. The van der Waals surface area contributed by atoms with E-state index in [1.54, 1.807) is 6.07 Å². The summed E-state index contributed by atoms with van der Waals surface area (Å²) in [6.45, 7) is 6.32. The Balaban J connectivity index is 2.61. The van der Waals surface area contributed by atoms with Crippen LogP contribution >= 0.6 is 0 Å². The van der Waals surface area contributed by atoms with Crippen molar-refractivity contribution in [3.63, 3.8) is 0 Å². The van der Waals surface area contributed by atoms with Gasteiger partial charge in [0.1, 0.15) is 11.4 Å². The number of esters is 2. The summed E-state index contributed by atoms with van der Waals surface area (Å²) in [7, 11) is 0. The Bertz CT molecular complexity index is 487. The summed E-state index contributed by atoms with van der Waals surface area (Å²) < 4.78 is 10.4. The maximum atomic E-state index is 12.0. The highest BCUT2D eigenvalue weighted by Gasteiger charge is 2.16. The average Bonchev–Trinajstić information content (AvgIpc) is 2.51. The molecule has 1 aromatic heterocycles. The second-order valence-electron chi connectivity index (χ2n) is 5.26. The van der Waals surface area contributed by atoms with Crippen molar-refractivity contribution in [1.82, 2.24) is 4.98 Å². The van der Waals surface area contributed by atoms with E-state index in [1.165, 1.54) is 12.1 Å². The number of carbonyl (C=O) groups is 2. The third-order valence-electron chi connectivity index (χ3n) is 3.15. The van der Waals surface area contributed by atoms with E-state index in [0.29, 0.717) is 6.61 Å². The van der Waals surface area contributed by atoms with Gasteiger partial charge in [-0.2, -0.15) is 0 Å². The van der Waals surface area contributed by atoms with Gasteiger partial charge in [-0.15, -0.1) is 0 Å². The predicted molar refractivity (Wildman–Crippen MR) is 83.8 cm³/mol. The highest BCUT2D eigenvalue weighted by Crippen LogP contribution is 2.08. The lowest BCUT2D eigenvalue weighted by molar-refractivity contribution is 0.0316. The van der Waals surface area contributed by atoms with Gasteiger partial charge in [0, 0.05) is 0 Å². The van der Waals surface area contributed by atoms with Crippen molar-refractivity contribution in [2.75, 3.05) is 6.61 Å². The Morgan fingerprint density at radius 2 is 1.77 bits per heavy atom. The Labute approximate surface area is 132 Å². The molecular weight excluding hydrogens is 282 g/mol. The molecule has 1 unspecified atom stereocenters. The molecule has 0 aliphatic carbocycles. The molecule has 1 rings (SSSR count). The van der Waals surface area contributed by atoms with Gasteiger partial charge in [-0.1, -0.05) is 39.2 Å². The molecule has 0 bridgehead atoms. The molecule has 0 fully saturated rings. The van der Waals surface area contributed by atoms with Crippen LogP contribution in [0.5, 0.6) is 0 Å². The van der Waals surface area contributed by atoms with Gasteiger partial charge in [-0.3, -0.25) is 0 Å². The van der Waals surface area contributed by atoms with E-state index in [2.05, 4.69) is 11.9 Å². The van der Waals surface area contributed by atoms with E-state index in [-0.39, 0.29) is 17.5 Å². The summed E-state index contributed by atoms with van der Waals surface area (Å²) in [5.74, 6) is -1.02. The van der Waals surface area contributed by atoms with Gasteiger partial charge < -0.3 is 9.47 Å². The van der Waals surface area contributed by atoms with Crippen molar-refractivity contribution in [2.45, 2.75) is 59.0 Å². The second kappa shape index (κ2) is 9.92. The molecule has 0 radical (unpaired) electrons. The number of unbranched alkanes of at least 4 members (excludes halogenated alkanes) is 2. The molecule has 1 heterocycles. The second-order valence-corrected chi connectivity index (χ2v) is 5.26. The van der Waals surface area contributed by atoms with E-state index >= 15 is 0 Å². The fourth-order valence-corrected chi connectivity index (χ4v) is 1.96. The molecule has 0 aromatic carbocycles. The van der Waals surface area contributed by atoms with E-state index in [1.807, 2.05) is 13.8 Å². The maximum absolute atomic E-state index is 12.0. The van der Waals surface area contributed by atoms with E-state index in [9.17, 15) is 9.59 Å². The lowest BCUT2D eigenvalue weighted by Gasteiger charge is -2.12. The Morgan fingerprint density at radius 3 is 2.41 bits per heavy atom. The van der Waals surface area contributed by atoms with Crippen molar-refractivity contribution < 1.29 is 19.1 Å². The molecule has 0 aliphatic heterocycles. The zero-order chi connectivity index (χ0) is 16.4. The van der Waals surface area contributed by atoms with Crippen LogP contribution in [0, 0.1) is 0 Å². The number of hydrogen-bond acceptors (Lipinski definition) is 5. The molecule has 1 atom stereocenters. The number of hydrogen-bond donors (Lipinski definition) is 0. The van der Waals surface area contributed by atoms with Crippen molar-refractivity contribution in [1.29, 1.82) is 0 Å². The summed E-state index contributed by atoms with van der Waals surface area (Å²) in [5.41, 5.74) is 0.264. The fourth-order valence-electron chi connectivity index (χ4n) is 1.96. The number of rotatable bonds is 9. The minimum atomic E-state index is -0.512. The SMILES string of the molecule is CCCCCOC(=O)c1cccc(C(=O)OC(C)CCC)n1. The van der Waals surface area contributed by atoms with Gasteiger partial charge >= 0.3 is 11.9 Å². The van der Waals surface area contributed by atoms with Gasteiger partial charge in [0.2, 0.25) is 0 Å². The van der Waals surface area contributed by atoms with Crippen molar-refractivity contribution in [3.05, 3.63) is 29.6 Å². The molecular formula is C17H25NO4. The molecule has 0 saturated carbocycles. The van der Waals surface area contributed by atoms with E-state index < -0.39 is 11.9 Å². The largest absolute Gasteiger partial charge is 0.461 e. The standard InChI is InChI=1S/C17H25NO4/c1-4-6-7-12-21-16(19)14-10-8-11-15(18-14)17(20)22-13(3)9-5-2/h8,10-11,13H,4-7,9,12H2,1-3H3. The van der Waals surface area contributed by atoms with Gasteiger partial charge in [0.25, 0.3) is 0 Å². The topological polar surface area (TPSA) is 65.5 Å². The summed E-state index contributed by atoms with van der Waals surface area (Å²) in [6, 6.07) is 4.68. The molecule has 5 nitrogen and oxygen atoms in total. The van der Waals surface area contributed by atoms with Crippen molar-refractivity contribution in [3.8, 4) is 0 Å². The minimum Gasteiger partial charge on any atom is -0.461 e. The summed E-state index contributed by atoms with van der Waals surface area (Å²) in [6.07, 6.45) is 4.48. The molecule has 1 aromatic rings. The lowest BCUT2D eigenvalue weighted by Crippen LogP contribution is -2.17. The van der Waals surface area contributed by atoms with Crippen molar-refractivity contribution >= 4 is 11.9 Å². The van der Waals surface area contributed by atoms with Crippen LogP contribution in [-0.4, -0.2) is 29.6 Å². The van der Waals surface area contributed by atoms with Crippen LogP contribution < -0.4 is 0 Å². The van der Waals surface area contributed by atoms with Crippen molar-refractivity contribution in [2.24, 2.45) is 0 Å². The van der Waals surface area contributed by atoms with Gasteiger partial charge in [-0.05, 0) is 31.9 Å². The molecule has 0 spiro atoms. The smallest absolute Gasteiger partial charge is 0.357 e. The number of pyridine rings is 1. The molecule has 0 saturated heterocycles. The fraction of sp³-hybridized carbons (Fsp3) is 0.588. The van der Waals surface area contributed by atoms with Crippen LogP contribution in [0.1, 0.15) is 73.9 Å². The maximum Gasteiger partial charge on any atom is 0.357 e. The molecule has 5 heteroatoms. The van der Waals surface area contributed by atoms with Gasteiger partial charge in [-0.25, -0.2) is 14.6 Å². The minimum absolute atomic E-state index is 0.131. The lowest BCUT2D eigenvalue weighted by atomic mass is 10.2. The van der Waals surface area contributed by atoms with Gasteiger partial charge in [0.05, 0.1) is 12.7 Å². The van der Waals surface area contributed by atoms with E-state index in [0.717, 1.165) is 32.1 Å². The Kier molecular flexibility index (Phi) is 8.18. The molecule has 0 aliphatic rings. The van der Waals surface area contributed by atoms with Crippen LogP contribution in [-0.2, 0) is 9.47 Å². The predicted octanol–water partition coefficient (Wildman–Crippen LogP) is 3.77. The van der Waals surface area contributed by atoms with Crippen LogP contribution in [0.4, 0.5) is 0 Å².